The number of likely N-dealkylation sites (N-methyl/N-ethyl adjacent to an activating group) is 1. The number of hydrogen-bond acceptors (Lipinski definition) is 19. The molecule has 0 aliphatic carbocycles. The Hall–Kier alpha value is -4.71. The van der Waals surface area contributed by atoms with Gasteiger partial charge in [0.25, 0.3) is 0 Å². The Balaban J connectivity index is 1.65. The number of hydrogen-bond donors (Lipinski definition) is 1. The fourth-order valence-corrected chi connectivity index (χ4v) is 13.0. The quantitative estimate of drug-likeness (QED) is 0.0617. The summed E-state index contributed by atoms with van der Waals surface area (Å²) in [5.74, 6) is -1.84. The van der Waals surface area contributed by atoms with Gasteiger partial charge in [0.05, 0.1) is 48.3 Å². The van der Waals surface area contributed by atoms with Crippen LogP contribution in [0.5, 0.6) is 0 Å². The van der Waals surface area contributed by atoms with Crippen LogP contribution in [0.1, 0.15) is 76.8 Å². The number of fused-ring (bicyclic) bond motifs is 6. The summed E-state index contributed by atoms with van der Waals surface area (Å²) < 4.78 is 200. The van der Waals surface area contributed by atoms with Crippen molar-refractivity contribution in [1.82, 2.24) is 0 Å². The minimum absolute atomic E-state index is 0.0294. The molecule has 21 nitrogen and oxygen atoms in total. The van der Waals surface area contributed by atoms with Crippen molar-refractivity contribution in [1.29, 1.82) is 0 Å². The molecule has 0 saturated carbocycles. The number of ether oxygens (including phenoxy) is 2. The maximum absolute atomic E-state index is 12.7. The third-order valence-electron chi connectivity index (χ3n) is 13.0. The predicted molar refractivity (Wildman–Crippen MR) is 252 cm³/mol. The van der Waals surface area contributed by atoms with Gasteiger partial charge in [-0.1, -0.05) is 12.1 Å². The van der Waals surface area contributed by atoms with Crippen LogP contribution in [-0.2, 0) is 75.7 Å². The molecule has 0 spiro atoms. The van der Waals surface area contributed by atoms with Crippen molar-refractivity contribution in [3.8, 4) is 0 Å². The maximum Gasteiger partial charge on any atom is 0.303 e. The first-order valence-corrected chi connectivity index (χ1v) is 29.2. The van der Waals surface area contributed by atoms with Crippen LogP contribution in [0.4, 0.5) is 11.4 Å². The van der Waals surface area contributed by atoms with Crippen LogP contribution in [-0.4, -0.2) is 132 Å². The van der Waals surface area contributed by atoms with Gasteiger partial charge in [0, 0.05) is 78.7 Å². The molecule has 0 aromatic heterocycles. The van der Waals surface area contributed by atoms with Crippen molar-refractivity contribution in [2.24, 2.45) is 0 Å². The Kier molecular flexibility index (Phi) is 16.2. The lowest BCUT2D eigenvalue weighted by Crippen LogP contribution is -2.33. The van der Waals surface area contributed by atoms with Gasteiger partial charge in [-0.3, -0.25) is 4.79 Å². The third-order valence-corrected chi connectivity index (χ3v) is 17.1. The van der Waals surface area contributed by atoms with Crippen molar-refractivity contribution in [2.75, 3.05) is 50.7 Å². The number of anilines is 1. The molecule has 0 radical (unpaired) electrons. The Morgan fingerprint density at radius 2 is 1.27 bits per heavy atom. The number of carbonyl (C=O) groups is 1. The van der Waals surface area contributed by atoms with E-state index >= 15 is 0 Å². The molecule has 71 heavy (non-hydrogen) atoms. The fourth-order valence-electron chi connectivity index (χ4n) is 9.86. The number of carboxylic acid groups (broad SMARTS) is 1. The molecular weight excluding hydrogens is 1030 g/mol. The Morgan fingerprint density at radius 3 is 1.79 bits per heavy atom. The molecule has 388 valence electrons. The lowest BCUT2D eigenvalue weighted by molar-refractivity contribution is -0.438. The molecular formula is C45H50N2O19S5-4. The minimum Gasteiger partial charge on any atom is -0.748 e. The number of carboxylic acids is 1. The van der Waals surface area contributed by atoms with E-state index in [-0.39, 0.29) is 85.7 Å². The normalized spacial score (nSPS) is 19.5. The van der Waals surface area contributed by atoms with Gasteiger partial charge in [-0.05, 0) is 117 Å². The van der Waals surface area contributed by atoms with Crippen molar-refractivity contribution < 1.29 is 88.8 Å². The molecule has 26 heteroatoms. The molecule has 0 amide bonds. The first-order chi connectivity index (χ1) is 32.9. The smallest absolute Gasteiger partial charge is 0.303 e. The molecule has 6 rings (SSSR count). The van der Waals surface area contributed by atoms with Crippen LogP contribution < -0.4 is 4.90 Å². The average Bonchev–Trinajstić information content (AvgIpc) is 3.64. The van der Waals surface area contributed by atoms with Crippen LogP contribution in [0.15, 0.2) is 92.0 Å². The fraction of sp³-hybridized carbons (Fsp3) is 0.422. The summed E-state index contributed by atoms with van der Waals surface area (Å²) >= 11 is 0. The maximum atomic E-state index is 12.7. The second-order valence-corrected chi connectivity index (χ2v) is 24.5. The lowest BCUT2D eigenvalue weighted by atomic mass is 9.74. The standard InChI is InChI=1S/C45H54N2O19S5/c1-5-46-35-16-14-31-33(25-29(68(53,54)55)27-37(31)70(59,60)61)42(35)44(2,18-10-24-67(50,51)52)39(46)11-9-12-40-45(3,19-21-66-23-22-65-4)43-34-26-30(69(56,57)58)28-38(71(62,63)64)32(34)15-17-36(43)47(40)20-8-6-7-13-41(48)49/h9,11-12,14-17,25-28H,5-8,10,13,18-24H2,1-4H3,(H5-,48,49,50,51,52,53,54,55,56,57,58,59,60,61,62,63,64)/p-4. The SMILES string of the molecule is CCN1/C(=C/C=C/C2=[N+](CCCCCC(=O)O)c3ccc4c(S(=O)(=O)[O-])cc(S(=O)(=O)[O-])cc4c3C2(C)CCOCCOC)C(C)(CCCS(=O)(=O)[O-])c2c1ccc1c(S(=O)(=O)[O-])cc(S(=O)(=O)[O-])cc21. The van der Waals surface area contributed by atoms with Crippen molar-refractivity contribution in [3.05, 3.63) is 83.6 Å². The van der Waals surface area contributed by atoms with Gasteiger partial charge in [-0.15, -0.1) is 0 Å². The zero-order valence-electron chi connectivity index (χ0n) is 38.8. The van der Waals surface area contributed by atoms with E-state index in [9.17, 15) is 74.8 Å². The molecule has 0 fully saturated rings. The highest BCUT2D eigenvalue weighted by Gasteiger charge is 2.49. The van der Waals surface area contributed by atoms with E-state index in [1.165, 1.54) is 25.3 Å². The number of nitrogens with zero attached hydrogens (tertiary/aromatic N) is 2. The zero-order valence-corrected chi connectivity index (χ0v) is 42.9. The summed E-state index contributed by atoms with van der Waals surface area (Å²) in [6.07, 6.45) is 5.67. The van der Waals surface area contributed by atoms with Gasteiger partial charge in [0.1, 0.15) is 47.0 Å². The van der Waals surface area contributed by atoms with E-state index < -0.39 is 92.7 Å². The molecule has 2 aliphatic heterocycles. The highest BCUT2D eigenvalue weighted by atomic mass is 32.2. The van der Waals surface area contributed by atoms with E-state index in [4.69, 9.17) is 9.47 Å². The highest BCUT2D eigenvalue weighted by molar-refractivity contribution is 7.87. The van der Waals surface area contributed by atoms with Gasteiger partial charge < -0.3 is 42.2 Å². The molecule has 0 bridgehead atoms. The third kappa shape index (κ3) is 11.7. The van der Waals surface area contributed by atoms with Crippen LogP contribution in [0, 0.1) is 0 Å². The Labute approximate surface area is 412 Å². The van der Waals surface area contributed by atoms with Crippen LogP contribution in [0.3, 0.4) is 0 Å². The van der Waals surface area contributed by atoms with Gasteiger partial charge in [-0.25, -0.2) is 42.1 Å². The highest BCUT2D eigenvalue weighted by Crippen LogP contribution is 2.54. The number of rotatable bonds is 23. The molecule has 2 atom stereocenters. The van der Waals surface area contributed by atoms with Crippen molar-refractivity contribution >= 4 is 95.2 Å². The van der Waals surface area contributed by atoms with Gasteiger partial charge in [0.2, 0.25) is 5.69 Å². The Morgan fingerprint density at radius 1 is 0.690 bits per heavy atom. The van der Waals surface area contributed by atoms with E-state index in [2.05, 4.69) is 0 Å². The molecule has 2 heterocycles. The number of unbranched alkanes of at least 4 members (excludes halogenated alkanes) is 2. The number of allylic oxidation sites excluding steroid dienone is 4. The predicted octanol–water partition coefficient (Wildman–Crippen LogP) is 4.23. The minimum atomic E-state index is -5.41. The molecule has 4 aromatic rings. The first-order valence-electron chi connectivity index (χ1n) is 22.0. The van der Waals surface area contributed by atoms with Gasteiger partial charge in [0.15, 0.2) is 5.71 Å². The Bertz CT molecular complexity index is 3480. The zero-order chi connectivity index (χ0) is 52.7. The number of aliphatic carboxylic acids is 1. The number of benzene rings is 4. The molecule has 2 aliphatic rings. The monoisotopic (exact) mass is 1080 g/mol. The van der Waals surface area contributed by atoms with Crippen LogP contribution in [0.2, 0.25) is 0 Å². The molecule has 1 N–H and O–H groups in total. The lowest BCUT2D eigenvalue weighted by Gasteiger charge is -2.31. The van der Waals surface area contributed by atoms with Crippen LogP contribution in [0.25, 0.3) is 21.5 Å². The second-order valence-electron chi connectivity index (χ2n) is 17.6. The average molecular weight is 1080 g/mol. The molecule has 4 aromatic carbocycles. The summed E-state index contributed by atoms with van der Waals surface area (Å²) in [4.78, 5) is 9.20. The summed E-state index contributed by atoms with van der Waals surface area (Å²) in [5.41, 5.74) is -0.442. The van der Waals surface area contributed by atoms with E-state index in [0.29, 0.717) is 59.7 Å². The topological polar surface area (TPSA) is 348 Å². The largest absolute Gasteiger partial charge is 0.748 e. The molecule has 0 saturated heterocycles. The summed E-state index contributed by atoms with van der Waals surface area (Å²) in [6, 6.07) is 8.58. The van der Waals surface area contributed by atoms with Crippen LogP contribution >= 0.6 is 0 Å². The van der Waals surface area contributed by atoms with Gasteiger partial charge >= 0.3 is 5.97 Å². The van der Waals surface area contributed by atoms with E-state index in [1.807, 2.05) is 4.58 Å². The second kappa shape index (κ2) is 20.7. The first kappa shape index (κ1) is 55.6. The number of methoxy groups -OCH3 is 1. The summed E-state index contributed by atoms with van der Waals surface area (Å²) in [5, 5.41) is 8.75. The summed E-state index contributed by atoms with van der Waals surface area (Å²) in [6.45, 7) is 5.93. The van der Waals surface area contributed by atoms with Gasteiger partial charge in [-0.2, -0.15) is 4.58 Å². The van der Waals surface area contributed by atoms with E-state index in [0.717, 1.165) is 12.1 Å². The van der Waals surface area contributed by atoms with E-state index in [1.54, 1.807) is 50.0 Å². The van der Waals surface area contributed by atoms with Crippen molar-refractivity contribution in [2.45, 2.75) is 96.1 Å². The summed E-state index contributed by atoms with van der Waals surface area (Å²) in [7, 11) is -24.8. The van der Waals surface area contributed by atoms with Crippen molar-refractivity contribution in [3.63, 3.8) is 0 Å². The molecule has 2 unspecified atom stereocenters.